The smallest absolute Gasteiger partial charge is 0.414 e. The zero-order chi connectivity index (χ0) is 19.0. The Labute approximate surface area is 155 Å². The number of aromatic nitrogens is 1. The first-order valence-electron chi connectivity index (χ1n) is 8.68. The van der Waals surface area contributed by atoms with Gasteiger partial charge in [0, 0.05) is 30.4 Å². The molecule has 140 valence electrons. The molecule has 2 saturated heterocycles. The molecular weight excluding hydrogens is 353 g/mol. The summed E-state index contributed by atoms with van der Waals surface area (Å²) in [5.74, 6) is -0.103. The summed E-state index contributed by atoms with van der Waals surface area (Å²) in [5.41, 5.74) is 2.41. The van der Waals surface area contributed by atoms with Crippen LogP contribution in [-0.2, 0) is 9.53 Å². The van der Waals surface area contributed by atoms with Gasteiger partial charge in [-0.05, 0) is 29.8 Å². The van der Waals surface area contributed by atoms with E-state index in [1.54, 1.807) is 24.4 Å². The fourth-order valence-electron chi connectivity index (χ4n) is 3.25. The van der Waals surface area contributed by atoms with Gasteiger partial charge >= 0.3 is 6.09 Å². The number of rotatable bonds is 4. The fourth-order valence-corrected chi connectivity index (χ4v) is 3.25. The van der Waals surface area contributed by atoms with Crippen molar-refractivity contribution in [3.63, 3.8) is 0 Å². The van der Waals surface area contributed by atoms with Gasteiger partial charge in [0.15, 0.2) is 6.17 Å². The largest absolute Gasteiger partial charge is 0.441 e. The standard InChI is InChI=1S/C19H18FN3O4/c20-16-7-8-22(18(16)25)17-6-3-13(9-21-17)12-1-4-14(5-2-12)23-10-15(11-24)27-19(23)26/h1-6,9,15-16,24H,7-8,10-11H2. The summed E-state index contributed by atoms with van der Waals surface area (Å²) in [5, 5.41) is 9.12. The third-order valence-corrected chi connectivity index (χ3v) is 4.75. The predicted molar refractivity (Wildman–Crippen MR) is 96.2 cm³/mol. The number of nitrogens with zero attached hydrogens (tertiary/aromatic N) is 3. The Balaban J connectivity index is 1.49. The number of hydrogen-bond donors (Lipinski definition) is 1. The van der Waals surface area contributed by atoms with Crippen LogP contribution < -0.4 is 9.80 Å². The SMILES string of the molecule is O=C1OC(CO)CN1c1ccc(-c2ccc(N3CCC(F)C3=O)nc2)cc1. The van der Waals surface area contributed by atoms with Crippen LogP contribution in [-0.4, -0.2) is 54.1 Å². The minimum Gasteiger partial charge on any atom is -0.441 e. The van der Waals surface area contributed by atoms with E-state index >= 15 is 0 Å². The number of carbonyl (C=O) groups is 2. The highest BCUT2D eigenvalue weighted by molar-refractivity contribution is 5.98. The van der Waals surface area contributed by atoms with Crippen LogP contribution in [0, 0.1) is 0 Å². The van der Waals surface area contributed by atoms with Crippen LogP contribution in [0.4, 0.5) is 20.7 Å². The summed E-state index contributed by atoms with van der Waals surface area (Å²) in [6.07, 6.45) is -0.600. The van der Waals surface area contributed by atoms with Gasteiger partial charge in [0.05, 0.1) is 13.2 Å². The molecule has 0 bridgehead atoms. The van der Waals surface area contributed by atoms with E-state index in [1.165, 1.54) is 9.80 Å². The van der Waals surface area contributed by atoms with Crippen molar-refractivity contribution in [2.45, 2.75) is 18.7 Å². The number of ether oxygens (including phenoxy) is 1. The maximum Gasteiger partial charge on any atom is 0.414 e. The average molecular weight is 371 g/mol. The number of benzene rings is 1. The normalized spacial score (nSPS) is 22.4. The molecule has 27 heavy (non-hydrogen) atoms. The third-order valence-electron chi connectivity index (χ3n) is 4.75. The number of cyclic esters (lactones) is 1. The van der Waals surface area contributed by atoms with Crippen LogP contribution in [0.5, 0.6) is 0 Å². The summed E-state index contributed by atoms with van der Waals surface area (Å²) < 4.78 is 18.4. The molecule has 1 aromatic carbocycles. The molecule has 2 aliphatic heterocycles. The first-order chi connectivity index (χ1) is 13.1. The van der Waals surface area contributed by atoms with Gasteiger partial charge in [-0.25, -0.2) is 14.2 Å². The number of amides is 2. The second kappa shape index (κ2) is 6.96. The fraction of sp³-hybridized carbons (Fsp3) is 0.316. The van der Waals surface area contributed by atoms with Gasteiger partial charge in [-0.2, -0.15) is 0 Å². The summed E-state index contributed by atoms with van der Waals surface area (Å²) >= 11 is 0. The van der Waals surface area contributed by atoms with E-state index in [9.17, 15) is 14.0 Å². The van der Waals surface area contributed by atoms with E-state index in [0.717, 1.165) is 11.1 Å². The van der Waals surface area contributed by atoms with Gasteiger partial charge in [-0.3, -0.25) is 14.6 Å². The maximum atomic E-state index is 13.4. The minimum absolute atomic E-state index is 0.194. The van der Waals surface area contributed by atoms with Crippen LogP contribution >= 0.6 is 0 Å². The summed E-state index contributed by atoms with van der Waals surface area (Å²) in [6, 6.07) is 10.8. The molecule has 8 heteroatoms. The Morgan fingerprint density at radius 3 is 2.41 bits per heavy atom. The number of anilines is 2. The number of alkyl halides is 1. The molecule has 2 fully saturated rings. The van der Waals surface area contributed by atoms with Crippen LogP contribution in [0.15, 0.2) is 42.6 Å². The van der Waals surface area contributed by atoms with Crippen molar-refractivity contribution in [3.05, 3.63) is 42.6 Å². The monoisotopic (exact) mass is 371 g/mol. The number of aliphatic hydroxyl groups excluding tert-OH is 1. The molecular formula is C19H18FN3O4. The van der Waals surface area contributed by atoms with Crippen molar-refractivity contribution < 1.29 is 23.8 Å². The first-order valence-corrected chi connectivity index (χ1v) is 8.68. The van der Waals surface area contributed by atoms with Gasteiger partial charge in [0.1, 0.15) is 11.9 Å². The molecule has 2 aliphatic rings. The molecule has 0 spiro atoms. The lowest BCUT2D eigenvalue weighted by Crippen LogP contribution is -2.28. The molecule has 4 rings (SSSR count). The van der Waals surface area contributed by atoms with Crippen LogP contribution in [0.2, 0.25) is 0 Å². The highest BCUT2D eigenvalue weighted by atomic mass is 19.1. The topological polar surface area (TPSA) is 83.0 Å². The van der Waals surface area contributed by atoms with E-state index < -0.39 is 24.3 Å². The molecule has 2 unspecified atom stereocenters. The van der Waals surface area contributed by atoms with E-state index in [1.807, 2.05) is 18.2 Å². The summed E-state index contributed by atoms with van der Waals surface area (Å²) in [6.45, 7) is 0.438. The molecule has 0 aliphatic carbocycles. The first kappa shape index (κ1) is 17.4. The lowest BCUT2D eigenvalue weighted by atomic mass is 10.1. The Kier molecular flexibility index (Phi) is 4.49. The Morgan fingerprint density at radius 1 is 1.11 bits per heavy atom. The highest BCUT2D eigenvalue weighted by Crippen LogP contribution is 2.28. The van der Waals surface area contributed by atoms with Crippen molar-refractivity contribution in [1.82, 2.24) is 4.98 Å². The van der Waals surface area contributed by atoms with E-state index in [4.69, 9.17) is 9.84 Å². The van der Waals surface area contributed by atoms with E-state index in [-0.39, 0.29) is 13.0 Å². The molecule has 0 saturated carbocycles. The predicted octanol–water partition coefficient (Wildman–Crippen LogP) is 2.14. The molecule has 2 atom stereocenters. The van der Waals surface area contributed by atoms with Crippen molar-refractivity contribution in [2.24, 2.45) is 0 Å². The quantitative estimate of drug-likeness (QED) is 0.890. The van der Waals surface area contributed by atoms with Gasteiger partial charge in [0.25, 0.3) is 5.91 Å². The molecule has 0 radical (unpaired) electrons. The molecule has 7 nitrogen and oxygen atoms in total. The van der Waals surface area contributed by atoms with Gasteiger partial charge < -0.3 is 9.84 Å². The van der Waals surface area contributed by atoms with E-state index in [2.05, 4.69) is 4.98 Å². The third kappa shape index (κ3) is 3.23. The van der Waals surface area contributed by atoms with Crippen molar-refractivity contribution >= 4 is 23.5 Å². The molecule has 2 amide bonds. The highest BCUT2D eigenvalue weighted by Gasteiger charge is 2.33. The molecule has 3 heterocycles. The Hall–Kier alpha value is -3.00. The minimum atomic E-state index is -1.44. The van der Waals surface area contributed by atoms with Crippen LogP contribution in [0.3, 0.4) is 0 Å². The molecule has 1 N–H and O–H groups in total. The number of pyridine rings is 1. The second-order valence-electron chi connectivity index (χ2n) is 6.50. The Morgan fingerprint density at radius 2 is 1.85 bits per heavy atom. The zero-order valence-corrected chi connectivity index (χ0v) is 14.4. The lowest BCUT2D eigenvalue weighted by Gasteiger charge is -2.15. The van der Waals surface area contributed by atoms with Gasteiger partial charge in [0.2, 0.25) is 0 Å². The lowest BCUT2D eigenvalue weighted by molar-refractivity contribution is -0.121. The van der Waals surface area contributed by atoms with E-state index in [0.29, 0.717) is 24.6 Å². The van der Waals surface area contributed by atoms with Crippen LogP contribution in [0.25, 0.3) is 11.1 Å². The molecule has 2 aromatic rings. The number of carbonyl (C=O) groups excluding carboxylic acids is 2. The maximum absolute atomic E-state index is 13.4. The van der Waals surface area contributed by atoms with Crippen molar-refractivity contribution in [2.75, 3.05) is 29.5 Å². The van der Waals surface area contributed by atoms with Gasteiger partial charge in [-0.1, -0.05) is 12.1 Å². The number of hydrogen-bond acceptors (Lipinski definition) is 5. The second-order valence-corrected chi connectivity index (χ2v) is 6.50. The Bertz CT molecular complexity index is 856. The summed E-state index contributed by atoms with van der Waals surface area (Å²) in [4.78, 5) is 30.7. The summed E-state index contributed by atoms with van der Waals surface area (Å²) in [7, 11) is 0. The van der Waals surface area contributed by atoms with Crippen molar-refractivity contribution in [3.8, 4) is 11.1 Å². The number of halogens is 1. The van der Waals surface area contributed by atoms with Gasteiger partial charge in [-0.15, -0.1) is 0 Å². The zero-order valence-electron chi connectivity index (χ0n) is 14.4. The molecule has 1 aromatic heterocycles. The number of aliphatic hydroxyl groups is 1. The van der Waals surface area contributed by atoms with Crippen molar-refractivity contribution in [1.29, 1.82) is 0 Å². The average Bonchev–Trinajstić information content (AvgIpc) is 3.24. The van der Waals surface area contributed by atoms with Crippen LogP contribution in [0.1, 0.15) is 6.42 Å².